The Balaban J connectivity index is 2.72. The van der Waals surface area contributed by atoms with Gasteiger partial charge >= 0.3 is 12.1 Å². The number of aryl methyl sites for hydroxylation is 1. The van der Waals surface area contributed by atoms with Gasteiger partial charge < -0.3 is 10.5 Å². The lowest BCUT2D eigenvalue weighted by Gasteiger charge is -1.93. The minimum Gasteiger partial charge on any atom is -0.372 e. The van der Waals surface area contributed by atoms with Gasteiger partial charge in [-0.15, -0.1) is 11.3 Å². The molecule has 0 atom stereocenters. The van der Waals surface area contributed by atoms with Gasteiger partial charge in [-0.3, -0.25) is 0 Å². The number of hydrogen-bond donors (Lipinski definition) is 1. The second kappa shape index (κ2) is 3.36. The van der Waals surface area contributed by atoms with Gasteiger partial charge in [0.05, 0.1) is 0 Å². The maximum Gasteiger partial charge on any atom is 0.412 e. The van der Waals surface area contributed by atoms with Crippen LogP contribution in [0.2, 0.25) is 0 Å². The predicted molar refractivity (Wildman–Crippen MR) is 44.1 cm³/mol. The molecule has 64 valence electrons. The highest BCUT2D eigenvalue weighted by Gasteiger charge is 2.11. The molecule has 1 aromatic rings. The standard InChI is InChI=1S/C7H7NO3S/c1-4-2-5(12-3-4)6(9)11-7(8)10/h2-3H,1H3,(H2,8,10). The van der Waals surface area contributed by atoms with Crippen LogP contribution >= 0.6 is 11.3 Å². The van der Waals surface area contributed by atoms with Crippen LogP contribution in [0.5, 0.6) is 0 Å². The van der Waals surface area contributed by atoms with Crippen LogP contribution in [0, 0.1) is 6.92 Å². The van der Waals surface area contributed by atoms with Crippen molar-refractivity contribution in [3.05, 3.63) is 21.9 Å². The highest BCUT2D eigenvalue weighted by Crippen LogP contribution is 2.14. The van der Waals surface area contributed by atoms with Crippen LogP contribution in [0.4, 0.5) is 4.79 Å². The minimum atomic E-state index is -1.08. The van der Waals surface area contributed by atoms with E-state index in [0.717, 1.165) is 5.56 Å². The normalized spacial score (nSPS) is 9.42. The van der Waals surface area contributed by atoms with Gasteiger partial charge in [0.25, 0.3) is 0 Å². The lowest BCUT2D eigenvalue weighted by molar-refractivity contribution is 0.0643. The first-order chi connectivity index (χ1) is 5.59. The third-order valence-electron chi connectivity index (χ3n) is 1.13. The van der Waals surface area contributed by atoms with Crippen LogP contribution in [0.3, 0.4) is 0 Å². The Hall–Kier alpha value is -1.36. The third-order valence-corrected chi connectivity index (χ3v) is 2.15. The van der Waals surface area contributed by atoms with Crippen molar-refractivity contribution in [2.24, 2.45) is 5.73 Å². The quantitative estimate of drug-likeness (QED) is 0.529. The maximum atomic E-state index is 11.0. The van der Waals surface area contributed by atoms with E-state index in [9.17, 15) is 9.59 Å². The molecule has 1 rings (SSSR count). The Morgan fingerprint density at radius 2 is 2.25 bits per heavy atom. The molecule has 12 heavy (non-hydrogen) atoms. The Morgan fingerprint density at radius 1 is 1.58 bits per heavy atom. The summed E-state index contributed by atoms with van der Waals surface area (Å²) < 4.78 is 4.16. The predicted octanol–water partition coefficient (Wildman–Crippen LogP) is 1.29. The molecule has 0 aromatic carbocycles. The highest BCUT2D eigenvalue weighted by molar-refractivity contribution is 7.12. The molecule has 0 fully saturated rings. The summed E-state index contributed by atoms with van der Waals surface area (Å²) in [4.78, 5) is 21.5. The molecule has 0 radical (unpaired) electrons. The fraction of sp³-hybridized carbons (Fsp3) is 0.143. The lowest BCUT2D eigenvalue weighted by atomic mass is 10.3. The molecule has 5 heteroatoms. The zero-order valence-corrected chi connectivity index (χ0v) is 7.18. The van der Waals surface area contributed by atoms with Gasteiger partial charge in [0.1, 0.15) is 4.88 Å². The van der Waals surface area contributed by atoms with Crippen molar-refractivity contribution in [3.63, 3.8) is 0 Å². The van der Waals surface area contributed by atoms with Crippen molar-refractivity contribution in [3.8, 4) is 0 Å². The molecule has 0 aliphatic rings. The molecular formula is C7H7NO3S. The highest BCUT2D eigenvalue weighted by atomic mass is 32.1. The fourth-order valence-electron chi connectivity index (χ4n) is 0.680. The average molecular weight is 185 g/mol. The molecule has 0 saturated carbocycles. The van der Waals surface area contributed by atoms with Crippen LogP contribution in [-0.4, -0.2) is 12.1 Å². The van der Waals surface area contributed by atoms with E-state index < -0.39 is 12.1 Å². The second-order valence-electron chi connectivity index (χ2n) is 2.20. The molecule has 0 spiro atoms. The fourth-order valence-corrected chi connectivity index (χ4v) is 1.45. The molecule has 0 unspecified atom stereocenters. The Kier molecular flexibility index (Phi) is 2.44. The van der Waals surface area contributed by atoms with E-state index in [4.69, 9.17) is 0 Å². The van der Waals surface area contributed by atoms with Gasteiger partial charge in [0.15, 0.2) is 0 Å². The summed E-state index contributed by atoms with van der Waals surface area (Å²) in [6.07, 6.45) is -1.08. The smallest absolute Gasteiger partial charge is 0.372 e. The number of carbonyl (C=O) groups is 2. The van der Waals surface area contributed by atoms with Gasteiger partial charge in [-0.1, -0.05) is 0 Å². The second-order valence-corrected chi connectivity index (χ2v) is 3.11. The number of esters is 1. The van der Waals surface area contributed by atoms with E-state index in [0.29, 0.717) is 4.88 Å². The zero-order valence-electron chi connectivity index (χ0n) is 6.37. The van der Waals surface area contributed by atoms with Gasteiger partial charge in [0, 0.05) is 0 Å². The van der Waals surface area contributed by atoms with E-state index in [2.05, 4.69) is 10.5 Å². The first kappa shape index (κ1) is 8.73. The van der Waals surface area contributed by atoms with Crippen molar-refractivity contribution >= 4 is 23.4 Å². The summed E-state index contributed by atoms with van der Waals surface area (Å²) in [5.74, 6) is -0.694. The van der Waals surface area contributed by atoms with Gasteiger partial charge in [-0.25, -0.2) is 9.59 Å². The molecule has 1 aromatic heterocycles. The van der Waals surface area contributed by atoms with Crippen LogP contribution in [-0.2, 0) is 4.74 Å². The Bertz CT molecular complexity index is 318. The number of amides is 1. The molecule has 2 N–H and O–H groups in total. The molecular weight excluding hydrogens is 178 g/mol. The number of rotatable bonds is 1. The number of ether oxygens (including phenoxy) is 1. The molecule has 0 aliphatic heterocycles. The summed E-state index contributed by atoms with van der Waals surface area (Å²) in [6, 6.07) is 1.63. The molecule has 1 amide bonds. The summed E-state index contributed by atoms with van der Waals surface area (Å²) in [5, 5.41) is 1.79. The molecule has 4 nitrogen and oxygen atoms in total. The van der Waals surface area contributed by atoms with Crippen molar-refractivity contribution in [1.29, 1.82) is 0 Å². The van der Waals surface area contributed by atoms with E-state index in [-0.39, 0.29) is 0 Å². The molecule has 0 aliphatic carbocycles. The van der Waals surface area contributed by atoms with Gasteiger partial charge in [-0.2, -0.15) is 0 Å². The van der Waals surface area contributed by atoms with Crippen LogP contribution < -0.4 is 5.73 Å². The maximum absolute atomic E-state index is 11.0. The number of thiophene rings is 1. The molecule has 1 heterocycles. The zero-order chi connectivity index (χ0) is 9.14. The van der Waals surface area contributed by atoms with Crippen LogP contribution in [0.25, 0.3) is 0 Å². The Morgan fingerprint density at radius 3 is 2.67 bits per heavy atom. The topological polar surface area (TPSA) is 69.4 Å². The minimum absolute atomic E-state index is 0.381. The van der Waals surface area contributed by atoms with E-state index in [1.165, 1.54) is 11.3 Å². The number of hydrogen-bond acceptors (Lipinski definition) is 4. The van der Waals surface area contributed by atoms with Crippen LogP contribution in [0.15, 0.2) is 11.4 Å². The van der Waals surface area contributed by atoms with Gasteiger partial charge in [0.2, 0.25) is 0 Å². The summed E-state index contributed by atoms with van der Waals surface area (Å²) in [5.41, 5.74) is 5.62. The lowest BCUT2D eigenvalue weighted by Crippen LogP contribution is -2.17. The number of nitrogens with two attached hydrogens (primary N) is 1. The van der Waals surface area contributed by atoms with Crippen molar-refractivity contribution in [2.75, 3.05) is 0 Å². The van der Waals surface area contributed by atoms with Crippen molar-refractivity contribution in [1.82, 2.24) is 0 Å². The first-order valence-electron chi connectivity index (χ1n) is 3.16. The van der Waals surface area contributed by atoms with Crippen molar-refractivity contribution in [2.45, 2.75) is 6.92 Å². The van der Waals surface area contributed by atoms with E-state index in [1.54, 1.807) is 11.4 Å². The summed E-state index contributed by atoms with van der Waals surface area (Å²) in [6.45, 7) is 1.84. The summed E-state index contributed by atoms with van der Waals surface area (Å²) >= 11 is 1.22. The summed E-state index contributed by atoms with van der Waals surface area (Å²) in [7, 11) is 0. The average Bonchev–Trinajstić information content (AvgIpc) is 2.34. The third kappa shape index (κ3) is 2.06. The van der Waals surface area contributed by atoms with Gasteiger partial charge in [-0.05, 0) is 23.9 Å². The van der Waals surface area contributed by atoms with Crippen LogP contribution in [0.1, 0.15) is 15.2 Å². The first-order valence-corrected chi connectivity index (χ1v) is 4.04. The Labute approximate surface area is 72.9 Å². The molecule has 0 bridgehead atoms. The number of carbonyl (C=O) groups excluding carboxylic acids is 2. The molecule has 0 saturated heterocycles. The number of primary amides is 1. The van der Waals surface area contributed by atoms with E-state index in [1.807, 2.05) is 6.92 Å². The van der Waals surface area contributed by atoms with E-state index >= 15 is 0 Å². The monoisotopic (exact) mass is 185 g/mol. The SMILES string of the molecule is Cc1csc(C(=O)OC(N)=O)c1. The van der Waals surface area contributed by atoms with Crippen molar-refractivity contribution < 1.29 is 14.3 Å². The largest absolute Gasteiger partial charge is 0.412 e.